The molecular formula is C7H14N2O3. The van der Waals surface area contributed by atoms with Crippen LogP contribution < -0.4 is 11.1 Å². The second-order valence-electron chi connectivity index (χ2n) is 3.02. The lowest BCUT2D eigenvalue weighted by Crippen LogP contribution is -2.51. The summed E-state index contributed by atoms with van der Waals surface area (Å²) in [6.45, 7) is 1.77. The third-order valence-corrected chi connectivity index (χ3v) is 1.80. The van der Waals surface area contributed by atoms with Crippen LogP contribution in [0.25, 0.3) is 0 Å². The van der Waals surface area contributed by atoms with Crippen molar-refractivity contribution in [3.63, 3.8) is 0 Å². The molecule has 1 saturated heterocycles. The van der Waals surface area contributed by atoms with Crippen molar-refractivity contribution in [3.8, 4) is 0 Å². The van der Waals surface area contributed by atoms with Gasteiger partial charge in [0.25, 0.3) is 0 Å². The van der Waals surface area contributed by atoms with Crippen molar-refractivity contribution in [1.82, 2.24) is 5.32 Å². The molecule has 1 amide bonds. The van der Waals surface area contributed by atoms with E-state index in [1.54, 1.807) is 0 Å². The average molecular weight is 174 g/mol. The molecule has 1 rings (SSSR count). The fourth-order valence-electron chi connectivity index (χ4n) is 1.24. The molecule has 1 aliphatic rings. The lowest BCUT2D eigenvalue weighted by molar-refractivity contribution is -0.147. The molecule has 0 aromatic carbocycles. The highest BCUT2D eigenvalue weighted by Gasteiger charge is 2.27. The van der Waals surface area contributed by atoms with Crippen LogP contribution in [0.3, 0.4) is 0 Å². The number of aliphatic hydroxyl groups is 1. The van der Waals surface area contributed by atoms with Gasteiger partial charge in [0.05, 0.1) is 18.7 Å². The van der Waals surface area contributed by atoms with E-state index >= 15 is 0 Å². The van der Waals surface area contributed by atoms with Crippen molar-refractivity contribution in [1.29, 1.82) is 0 Å². The van der Waals surface area contributed by atoms with E-state index in [1.807, 2.05) is 0 Å². The zero-order valence-electron chi connectivity index (χ0n) is 6.99. The predicted molar refractivity (Wildman–Crippen MR) is 42.2 cm³/mol. The minimum absolute atomic E-state index is 0.0686. The number of hydrogen-bond acceptors (Lipinski definition) is 4. The number of ether oxygens (including phenoxy) is 1. The summed E-state index contributed by atoms with van der Waals surface area (Å²) in [4.78, 5) is 10.6. The maximum atomic E-state index is 10.6. The van der Waals surface area contributed by atoms with Crippen molar-refractivity contribution in [2.75, 3.05) is 6.61 Å². The SMILES string of the molecule is CC(=O)N[C@@H]1COC(O)[C@@H](N)C1. The average Bonchev–Trinajstić information content (AvgIpc) is 1.96. The Hall–Kier alpha value is -0.650. The summed E-state index contributed by atoms with van der Waals surface area (Å²) in [5.74, 6) is -0.104. The van der Waals surface area contributed by atoms with Gasteiger partial charge in [-0.3, -0.25) is 4.79 Å². The van der Waals surface area contributed by atoms with Crippen LogP contribution in [0.5, 0.6) is 0 Å². The van der Waals surface area contributed by atoms with E-state index < -0.39 is 12.3 Å². The van der Waals surface area contributed by atoms with Gasteiger partial charge in [-0.25, -0.2) is 0 Å². The number of nitrogens with two attached hydrogens (primary N) is 1. The molecule has 5 heteroatoms. The van der Waals surface area contributed by atoms with Crippen LogP contribution in [0.2, 0.25) is 0 Å². The summed E-state index contributed by atoms with van der Waals surface area (Å²) in [5.41, 5.74) is 5.52. The Labute approximate surface area is 70.9 Å². The number of amides is 1. The predicted octanol–water partition coefficient (Wildman–Crippen LogP) is -1.44. The highest BCUT2D eigenvalue weighted by molar-refractivity contribution is 5.73. The van der Waals surface area contributed by atoms with Gasteiger partial charge in [-0.15, -0.1) is 0 Å². The maximum absolute atomic E-state index is 10.6. The van der Waals surface area contributed by atoms with Gasteiger partial charge in [-0.05, 0) is 6.42 Å². The fourth-order valence-corrected chi connectivity index (χ4v) is 1.24. The van der Waals surface area contributed by atoms with E-state index in [-0.39, 0.29) is 11.9 Å². The third kappa shape index (κ3) is 2.44. The van der Waals surface area contributed by atoms with Gasteiger partial charge in [0.1, 0.15) is 0 Å². The topological polar surface area (TPSA) is 84.6 Å². The molecule has 0 radical (unpaired) electrons. The van der Waals surface area contributed by atoms with Crippen molar-refractivity contribution >= 4 is 5.91 Å². The van der Waals surface area contributed by atoms with Crippen LogP contribution in [-0.4, -0.2) is 36.0 Å². The molecule has 70 valence electrons. The molecule has 0 aromatic heterocycles. The molecule has 12 heavy (non-hydrogen) atoms. The van der Waals surface area contributed by atoms with Crippen LogP contribution >= 0.6 is 0 Å². The normalized spacial score (nSPS) is 36.1. The second kappa shape index (κ2) is 3.84. The van der Waals surface area contributed by atoms with E-state index in [0.717, 1.165) is 0 Å². The van der Waals surface area contributed by atoms with E-state index in [1.165, 1.54) is 6.92 Å². The molecule has 1 fully saturated rings. The van der Waals surface area contributed by atoms with Crippen molar-refractivity contribution < 1.29 is 14.6 Å². The van der Waals surface area contributed by atoms with Gasteiger partial charge < -0.3 is 20.9 Å². The van der Waals surface area contributed by atoms with Gasteiger partial charge >= 0.3 is 0 Å². The summed E-state index contributed by atoms with van der Waals surface area (Å²) < 4.78 is 4.92. The summed E-state index contributed by atoms with van der Waals surface area (Å²) in [6, 6.07) is -0.475. The monoisotopic (exact) mass is 174 g/mol. The van der Waals surface area contributed by atoms with E-state index in [9.17, 15) is 4.79 Å². The Kier molecular flexibility index (Phi) is 3.02. The number of carbonyl (C=O) groups is 1. The van der Waals surface area contributed by atoms with Gasteiger partial charge in [0, 0.05) is 6.92 Å². The Morgan fingerprint density at radius 1 is 1.75 bits per heavy atom. The summed E-state index contributed by atoms with van der Waals surface area (Å²) in [5, 5.41) is 11.7. The molecule has 1 unspecified atom stereocenters. The number of nitrogens with one attached hydrogen (secondary N) is 1. The van der Waals surface area contributed by atoms with Crippen molar-refractivity contribution in [2.45, 2.75) is 31.7 Å². The largest absolute Gasteiger partial charge is 0.367 e. The van der Waals surface area contributed by atoms with E-state index in [2.05, 4.69) is 5.32 Å². The minimum atomic E-state index is -0.894. The first-order chi connectivity index (χ1) is 5.59. The molecule has 3 atom stereocenters. The zero-order valence-corrected chi connectivity index (χ0v) is 6.99. The van der Waals surface area contributed by atoms with Crippen LogP contribution in [-0.2, 0) is 9.53 Å². The first-order valence-electron chi connectivity index (χ1n) is 3.92. The number of hydrogen-bond donors (Lipinski definition) is 3. The minimum Gasteiger partial charge on any atom is -0.367 e. The summed E-state index contributed by atoms with van der Waals surface area (Å²) >= 11 is 0. The molecule has 1 heterocycles. The third-order valence-electron chi connectivity index (χ3n) is 1.80. The maximum Gasteiger partial charge on any atom is 0.217 e. The zero-order chi connectivity index (χ0) is 9.14. The molecule has 0 bridgehead atoms. The number of rotatable bonds is 1. The molecule has 0 spiro atoms. The summed E-state index contributed by atoms with van der Waals surface area (Å²) in [6.07, 6.45) is -0.337. The Morgan fingerprint density at radius 3 is 2.92 bits per heavy atom. The Balaban J connectivity index is 2.35. The molecule has 0 saturated carbocycles. The molecule has 0 aromatic rings. The highest BCUT2D eigenvalue weighted by Crippen LogP contribution is 2.10. The van der Waals surface area contributed by atoms with Gasteiger partial charge in [0.15, 0.2) is 6.29 Å². The Morgan fingerprint density at radius 2 is 2.42 bits per heavy atom. The fraction of sp³-hybridized carbons (Fsp3) is 0.857. The van der Waals surface area contributed by atoms with E-state index in [0.29, 0.717) is 13.0 Å². The first kappa shape index (κ1) is 9.44. The quantitative estimate of drug-likeness (QED) is 0.454. The van der Waals surface area contributed by atoms with Crippen LogP contribution in [0.4, 0.5) is 0 Å². The lowest BCUT2D eigenvalue weighted by atomic mass is 10.1. The number of carbonyl (C=O) groups excluding carboxylic acids is 1. The lowest BCUT2D eigenvalue weighted by Gasteiger charge is -2.31. The first-order valence-corrected chi connectivity index (χ1v) is 3.92. The second-order valence-corrected chi connectivity index (χ2v) is 3.02. The van der Waals surface area contributed by atoms with Crippen molar-refractivity contribution in [3.05, 3.63) is 0 Å². The van der Waals surface area contributed by atoms with Crippen molar-refractivity contribution in [2.24, 2.45) is 5.73 Å². The highest BCUT2D eigenvalue weighted by atomic mass is 16.6. The summed E-state index contributed by atoms with van der Waals surface area (Å²) in [7, 11) is 0. The smallest absolute Gasteiger partial charge is 0.217 e. The van der Waals surface area contributed by atoms with Gasteiger partial charge in [-0.1, -0.05) is 0 Å². The van der Waals surface area contributed by atoms with E-state index in [4.69, 9.17) is 15.6 Å². The van der Waals surface area contributed by atoms with Gasteiger partial charge in [0.2, 0.25) is 5.91 Å². The number of aliphatic hydroxyl groups excluding tert-OH is 1. The standard InChI is InChI=1S/C7H14N2O3/c1-4(10)9-5-2-6(8)7(11)12-3-5/h5-7,11H,2-3,8H2,1H3,(H,9,10)/t5-,6-,7?/m0/s1. The van der Waals surface area contributed by atoms with Crippen LogP contribution in [0.15, 0.2) is 0 Å². The molecule has 5 nitrogen and oxygen atoms in total. The molecule has 1 aliphatic heterocycles. The molecule has 4 N–H and O–H groups in total. The van der Waals surface area contributed by atoms with Crippen LogP contribution in [0, 0.1) is 0 Å². The van der Waals surface area contributed by atoms with Gasteiger partial charge in [-0.2, -0.15) is 0 Å². The Bertz CT molecular complexity index is 174. The molecule has 0 aliphatic carbocycles. The van der Waals surface area contributed by atoms with Crippen LogP contribution in [0.1, 0.15) is 13.3 Å². The molecular weight excluding hydrogens is 160 g/mol.